The van der Waals surface area contributed by atoms with Gasteiger partial charge in [0.15, 0.2) is 0 Å². The van der Waals surface area contributed by atoms with Crippen LogP contribution in [0.3, 0.4) is 0 Å². The first kappa shape index (κ1) is 23.0. The summed E-state index contributed by atoms with van der Waals surface area (Å²) in [6.07, 6.45) is 7.05. The van der Waals surface area contributed by atoms with Crippen LogP contribution in [0.25, 0.3) is 17.2 Å². The number of alkyl halides is 2. The number of nitrogens with zero attached hydrogens (tertiary/aromatic N) is 2. The highest BCUT2D eigenvalue weighted by molar-refractivity contribution is 7.88. The first-order valence-electron chi connectivity index (χ1n) is 10.7. The Morgan fingerprint density at radius 2 is 1.97 bits per heavy atom. The molecule has 1 heterocycles. The van der Waals surface area contributed by atoms with Gasteiger partial charge >= 0.3 is 0 Å². The molecule has 0 N–H and O–H groups in total. The lowest BCUT2D eigenvalue weighted by Gasteiger charge is -2.34. The highest BCUT2D eigenvalue weighted by Gasteiger charge is 2.51. The molecule has 2 aliphatic carbocycles. The van der Waals surface area contributed by atoms with Crippen molar-refractivity contribution in [3.63, 3.8) is 0 Å². The molecule has 2 saturated carbocycles. The zero-order valence-electron chi connectivity index (χ0n) is 18.1. The van der Waals surface area contributed by atoms with Crippen molar-refractivity contribution in [3.8, 4) is 11.1 Å². The highest BCUT2D eigenvalue weighted by atomic mass is 32.2. The van der Waals surface area contributed by atoms with Gasteiger partial charge in [-0.15, -0.1) is 0 Å². The molecule has 0 bridgehead atoms. The molecule has 1 aromatic heterocycles. The predicted molar refractivity (Wildman–Crippen MR) is 119 cm³/mol. The van der Waals surface area contributed by atoms with Gasteiger partial charge in [0.05, 0.1) is 11.9 Å². The summed E-state index contributed by atoms with van der Waals surface area (Å²) in [6.45, 7) is 0. The van der Waals surface area contributed by atoms with Crippen LogP contribution in [0.5, 0.6) is 0 Å². The van der Waals surface area contributed by atoms with Gasteiger partial charge in [-0.25, -0.2) is 25.9 Å². The standard InChI is InChI=1S/C24H27F3N2O2S/c1-29(32(2,30)31)23-13-18-14-24(26,27)11-10-21(18)22(23)9-8-20-7-6-17(15-28-20)16-4-3-5-19(25)12-16/h3-9,12,15,18,21-23H,10-11,13-14H2,1-2H3/t18-,21-,22+,23-/m1/s1. The molecular weight excluding hydrogens is 437 g/mol. The van der Waals surface area contributed by atoms with Gasteiger partial charge in [0.1, 0.15) is 5.82 Å². The Morgan fingerprint density at radius 3 is 2.62 bits per heavy atom. The molecule has 32 heavy (non-hydrogen) atoms. The molecule has 2 aromatic rings. The average molecular weight is 465 g/mol. The van der Waals surface area contributed by atoms with Crippen molar-refractivity contribution in [2.45, 2.75) is 37.6 Å². The molecule has 1 aromatic carbocycles. The van der Waals surface area contributed by atoms with E-state index >= 15 is 0 Å². The predicted octanol–water partition coefficient (Wildman–Crippen LogP) is 5.23. The minimum absolute atomic E-state index is 0.0200. The quantitative estimate of drug-likeness (QED) is 0.609. The zero-order valence-corrected chi connectivity index (χ0v) is 18.9. The Labute approximate surface area is 187 Å². The number of fused-ring (bicyclic) bond motifs is 1. The lowest BCUT2D eigenvalue weighted by atomic mass is 9.76. The van der Waals surface area contributed by atoms with E-state index in [-0.39, 0.29) is 42.5 Å². The monoisotopic (exact) mass is 464 g/mol. The molecule has 4 rings (SSSR count). The fraction of sp³-hybridized carbons (Fsp3) is 0.458. The summed E-state index contributed by atoms with van der Waals surface area (Å²) >= 11 is 0. The Morgan fingerprint density at radius 1 is 1.19 bits per heavy atom. The molecular formula is C24H27F3N2O2S. The van der Waals surface area contributed by atoms with Gasteiger partial charge in [0.2, 0.25) is 15.9 Å². The number of benzene rings is 1. The van der Waals surface area contributed by atoms with E-state index in [0.29, 0.717) is 18.5 Å². The minimum Gasteiger partial charge on any atom is -0.256 e. The lowest BCUT2D eigenvalue weighted by molar-refractivity contribution is -0.0659. The number of halogens is 3. The maximum absolute atomic E-state index is 14.0. The molecule has 8 heteroatoms. The van der Waals surface area contributed by atoms with Crippen LogP contribution >= 0.6 is 0 Å². The van der Waals surface area contributed by atoms with Crippen molar-refractivity contribution in [3.05, 3.63) is 60.2 Å². The number of rotatable bonds is 5. The zero-order chi connectivity index (χ0) is 23.1. The normalized spacial score (nSPS) is 27.7. The summed E-state index contributed by atoms with van der Waals surface area (Å²) in [5.41, 5.74) is 2.19. The van der Waals surface area contributed by atoms with Crippen LogP contribution < -0.4 is 0 Å². The third-order valence-corrected chi connectivity index (χ3v) is 8.23. The van der Waals surface area contributed by atoms with Crippen LogP contribution in [-0.2, 0) is 10.0 Å². The van der Waals surface area contributed by atoms with E-state index in [1.165, 1.54) is 23.5 Å². The van der Waals surface area contributed by atoms with Crippen LogP contribution in [0.4, 0.5) is 13.2 Å². The first-order valence-corrected chi connectivity index (χ1v) is 12.6. The van der Waals surface area contributed by atoms with Gasteiger partial charge in [0.25, 0.3) is 0 Å². The van der Waals surface area contributed by atoms with Gasteiger partial charge in [0, 0.05) is 37.7 Å². The van der Waals surface area contributed by atoms with E-state index in [0.717, 1.165) is 17.4 Å². The molecule has 0 unspecified atom stereocenters. The Bertz CT molecular complexity index is 1100. The van der Waals surface area contributed by atoms with E-state index in [4.69, 9.17) is 0 Å². The minimum atomic E-state index is -3.45. The van der Waals surface area contributed by atoms with Crippen molar-refractivity contribution < 1.29 is 21.6 Å². The summed E-state index contributed by atoms with van der Waals surface area (Å²) in [4.78, 5) is 4.43. The average Bonchev–Trinajstić information content (AvgIpc) is 3.07. The van der Waals surface area contributed by atoms with Crippen molar-refractivity contribution in [1.29, 1.82) is 0 Å². The summed E-state index contributed by atoms with van der Waals surface area (Å²) in [6, 6.07) is 9.58. The molecule has 0 aliphatic heterocycles. The largest absolute Gasteiger partial charge is 0.256 e. The Balaban J connectivity index is 1.57. The molecule has 4 atom stereocenters. The van der Waals surface area contributed by atoms with E-state index < -0.39 is 15.9 Å². The van der Waals surface area contributed by atoms with Crippen molar-refractivity contribution in [2.75, 3.05) is 13.3 Å². The second kappa shape index (κ2) is 8.63. The van der Waals surface area contributed by atoms with Crippen LogP contribution in [-0.4, -0.2) is 43.0 Å². The van der Waals surface area contributed by atoms with Crippen LogP contribution in [0.15, 0.2) is 48.7 Å². The lowest BCUT2D eigenvalue weighted by Crippen LogP contribution is -2.39. The van der Waals surface area contributed by atoms with Crippen LogP contribution in [0, 0.1) is 23.6 Å². The second-order valence-corrected chi connectivity index (χ2v) is 11.1. The summed E-state index contributed by atoms with van der Waals surface area (Å²) in [5, 5.41) is 0. The van der Waals surface area contributed by atoms with Crippen molar-refractivity contribution in [1.82, 2.24) is 9.29 Å². The molecule has 2 fully saturated rings. The molecule has 0 spiro atoms. The summed E-state index contributed by atoms with van der Waals surface area (Å²) in [5.74, 6) is -3.33. The van der Waals surface area contributed by atoms with Crippen LogP contribution in [0.1, 0.15) is 31.4 Å². The fourth-order valence-corrected chi connectivity index (χ4v) is 5.95. The Kier molecular flexibility index (Phi) is 6.20. The smallest absolute Gasteiger partial charge is 0.248 e. The fourth-order valence-electron chi connectivity index (χ4n) is 5.23. The maximum Gasteiger partial charge on any atom is 0.248 e. The molecule has 0 amide bonds. The maximum atomic E-state index is 14.0. The van der Waals surface area contributed by atoms with Crippen molar-refractivity contribution >= 4 is 16.1 Å². The number of pyridine rings is 1. The first-order chi connectivity index (χ1) is 15.0. The molecule has 0 radical (unpaired) electrons. The van der Waals surface area contributed by atoms with Gasteiger partial charge in [-0.05, 0) is 60.4 Å². The molecule has 2 aliphatic rings. The highest BCUT2D eigenvalue weighted by Crippen LogP contribution is 2.52. The molecule has 172 valence electrons. The van der Waals surface area contributed by atoms with Gasteiger partial charge in [-0.1, -0.05) is 24.3 Å². The topological polar surface area (TPSA) is 50.3 Å². The number of hydrogen-bond acceptors (Lipinski definition) is 3. The van der Waals surface area contributed by atoms with Crippen LogP contribution in [0.2, 0.25) is 0 Å². The number of sulfonamides is 1. The molecule has 0 saturated heterocycles. The third kappa shape index (κ3) is 4.91. The van der Waals surface area contributed by atoms with E-state index in [2.05, 4.69) is 4.98 Å². The van der Waals surface area contributed by atoms with Gasteiger partial charge in [-0.2, -0.15) is 0 Å². The van der Waals surface area contributed by atoms with Crippen molar-refractivity contribution in [2.24, 2.45) is 17.8 Å². The van der Waals surface area contributed by atoms with E-state index in [1.54, 1.807) is 18.3 Å². The number of hydrogen-bond donors (Lipinski definition) is 0. The SMILES string of the molecule is CN([C@@H]1C[C@@H]2CC(F)(F)CC[C@H]2[C@@H]1C=Cc1ccc(-c2cccc(F)c2)cn1)S(C)(=O)=O. The second-order valence-electron chi connectivity index (χ2n) is 9.02. The third-order valence-electron chi connectivity index (χ3n) is 6.92. The summed E-state index contributed by atoms with van der Waals surface area (Å²) < 4.78 is 67.2. The van der Waals surface area contributed by atoms with Gasteiger partial charge in [-0.3, -0.25) is 4.98 Å². The summed E-state index contributed by atoms with van der Waals surface area (Å²) in [7, 11) is -1.92. The van der Waals surface area contributed by atoms with Gasteiger partial charge < -0.3 is 0 Å². The Hall–Kier alpha value is -2.19. The van der Waals surface area contributed by atoms with E-state index in [1.807, 2.05) is 24.3 Å². The van der Waals surface area contributed by atoms with E-state index in [9.17, 15) is 21.6 Å². The molecule has 4 nitrogen and oxygen atoms in total. The number of aromatic nitrogens is 1.